The lowest BCUT2D eigenvalue weighted by Gasteiger charge is -2.18. The molecule has 0 fully saturated rings. The minimum Gasteiger partial charge on any atom is -0.127 e. The Kier molecular flexibility index (Phi) is 4.26. The molecule has 0 N–H and O–H groups in total. The maximum Gasteiger partial charge on any atom is -0.00349 e. The van der Waals surface area contributed by atoms with Crippen molar-refractivity contribution in [2.24, 2.45) is 5.92 Å². The van der Waals surface area contributed by atoms with Gasteiger partial charge in [-0.2, -0.15) is 0 Å². The van der Waals surface area contributed by atoms with Crippen LogP contribution in [0.2, 0.25) is 0 Å². The monoisotopic (exact) mass is 164 g/mol. The van der Waals surface area contributed by atoms with Crippen molar-refractivity contribution in [1.82, 2.24) is 0 Å². The lowest BCUT2D eigenvalue weighted by molar-refractivity contribution is 0.543. The SMILES string of the molecule is CC(C)CCC(C)(P)P. The van der Waals surface area contributed by atoms with Crippen molar-refractivity contribution in [3.8, 4) is 0 Å². The topological polar surface area (TPSA) is 0 Å². The normalized spacial score (nSPS) is 12.7. The van der Waals surface area contributed by atoms with Gasteiger partial charge in [-0.25, -0.2) is 0 Å². The largest absolute Gasteiger partial charge is 0.127 e. The van der Waals surface area contributed by atoms with Crippen molar-refractivity contribution in [3.63, 3.8) is 0 Å². The average molecular weight is 164 g/mol. The van der Waals surface area contributed by atoms with E-state index >= 15 is 0 Å². The van der Waals surface area contributed by atoms with Gasteiger partial charge in [-0.3, -0.25) is 0 Å². The summed E-state index contributed by atoms with van der Waals surface area (Å²) in [4.78, 5) is 0.365. The molecule has 0 spiro atoms. The highest BCUT2D eigenvalue weighted by Gasteiger charge is 2.10. The van der Waals surface area contributed by atoms with E-state index in [2.05, 4.69) is 39.3 Å². The molecule has 9 heavy (non-hydrogen) atoms. The van der Waals surface area contributed by atoms with Crippen LogP contribution in [0.15, 0.2) is 0 Å². The molecule has 0 rings (SSSR count). The minimum absolute atomic E-state index is 0.365. The quantitative estimate of drug-likeness (QED) is 0.562. The second-order valence-corrected chi connectivity index (χ2v) is 6.74. The standard InChI is InChI=1S/C7H18P2/c1-6(2)4-5-7(3,8)9/h6H,4-5,8-9H2,1-3H3. The second-order valence-electron chi connectivity index (χ2n) is 3.44. The first-order valence-electron chi connectivity index (χ1n) is 3.49. The molecule has 0 saturated carbocycles. The van der Waals surface area contributed by atoms with E-state index in [1.165, 1.54) is 12.8 Å². The van der Waals surface area contributed by atoms with Gasteiger partial charge >= 0.3 is 0 Å². The molecule has 0 radical (unpaired) electrons. The Hall–Kier alpha value is 0.860. The van der Waals surface area contributed by atoms with Gasteiger partial charge in [-0.1, -0.05) is 20.8 Å². The van der Waals surface area contributed by atoms with Gasteiger partial charge in [0.05, 0.1) is 0 Å². The summed E-state index contributed by atoms with van der Waals surface area (Å²) < 4.78 is 0. The molecule has 0 bridgehead atoms. The summed E-state index contributed by atoms with van der Waals surface area (Å²) in [7, 11) is 5.69. The fourth-order valence-corrected chi connectivity index (χ4v) is 0.933. The van der Waals surface area contributed by atoms with E-state index in [4.69, 9.17) is 0 Å². The minimum atomic E-state index is 0.365. The number of hydrogen-bond acceptors (Lipinski definition) is 0. The molecule has 0 aromatic rings. The average Bonchev–Trinajstić information content (AvgIpc) is 1.59. The van der Waals surface area contributed by atoms with Crippen LogP contribution >= 0.6 is 18.5 Å². The lowest BCUT2D eigenvalue weighted by atomic mass is 10.1. The van der Waals surface area contributed by atoms with Gasteiger partial charge in [0.1, 0.15) is 0 Å². The van der Waals surface area contributed by atoms with Gasteiger partial charge in [-0.15, -0.1) is 18.5 Å². The van der Waals surface area contributed by atoms with Crippen LogP contribution in [0.5, 0.6) is 0 Å². The second kappa shape index (κ2) is 3.89. The molecule has 0 saturated heterocycles. The first-order valence-corrected chi connectivity index (χ1v) is 4.65. The Bertz CT molecular complexity index is 71.5. The van der Waals surface area contributed by atoms with Crippen LogP contribution in [0.3, 0.4) is 0 Å². The van der Waals surface area contributed by atoms with Crippen LogP contribution in [-0.4, -0.2) is 4.90 Å². The Balaban J connectivity index is 3.28. The molecule has 0 heterocycles. The van der Waals surface area contributed by atoms with Crippen LogP contribution < -0.4 is 0 Å². The molecule has 2 unspecified atom stereocenters. The summed E-state index contributed by atoms with van der Waals surface area (Å²) >= 11 is 0. The zero-order valence-corrected chi connectivity index (χ0v) is 8.96. The zero-order chi connectivity index (χ0) is 7.49. The van der Waals surface area contributed by atoms with Gasteiger partial charge in [-0.05, 0) is 23.7 Å². The molecular formula is C7H18P2. The summed E-state index contributed by atoms with van der Waals surface area (Å²) in [5.74, 6) is 0.838. The molecule has 2 atom stereocenters. The highest BCUT2D eigenvalue weighted by molar-refractivity contribution is 7.39. The fraction of sp³-hybridized carbons (Fsp3) is 1.00. The van der Waals surface area contributed by atoms with Gasteiger partial charge in [0.2, 0.25) is 0 Å². The summed E-state index contributed by atoms with van der Waals surface area (Å²) in [6, 6.07) is 0. The highest BCUT2D eigenvalue weighted by Crippen LogP contribution is 2.32. The van der Waals surface area contributed by atoms with Gasteiger partial charge in [0.15, 0.2) is 0 Å². The van der Waals surface area contributed by atoms with Gasteiger partial charge in [0.25, 0.3) is 0 Å². The van der Waals surface area contributed by atoms with Crippen molar-refractivity contribution in [1.29, 1.82) is 0 Å². The summed E-state index contributed by atoms with van der Waals surface area (Å²) in [5.41, 5.74) is 0. The molecule has 0 aliphatic carbocycles. The molecule has 0 amide bonds. The number of hydrogen-bond donors (Lipinski definition) is 0. The summed E-state index contributed by atoms with van der Waals surface area (Å²) in [6.45, 7) is 6.76. The molecule has 0 nitrogen and oxygen atoms in total. The highest BCUT2D eigenvalue weighted by atomic mass is 31.1. The molecular weight excluding hydrogens is 146 g/mol. The van der Waals surface area contributed by atoms with E-state index in [1.54, 1.807) is 0 Å². The van der Waals surface area contributed by atoms with E-state index in [9.17, 15) is 0 Å². The number of rotatable bonds is 3. The van der Waals surface area contributed by atoms with Crippen LogP contribution in [0, 0.1) is 5.92 Å². The maximum atomic E-state index is 2.84. The fourth-order valence-electron chi connectivity index (χ4n) is 0.600. The smallest absolute Gasteiger partial charge is 0.00349 e. The van der Waals surface area contributed by atoms with Gasteiger partial charge < -0.3 is 0 Å². The Labute approximate surface area is 63.6 Å². The van der Waals surface area contributed by atoms with E-state index < -0.39 is 0 Å². The summed E-state index contributed by atoms with van der Waals surface area (Å²) in [5, 5.41) is 0. The molecule has 0 aromatic heterocycles. The van der Waals surface area contributed by atoms with Crippen LogP contribution in [0.4, 0.5) is 0 Å². The predicted octanol–water partition coefficient (Wildman–Crippen LogP) is 2.89. The van der Waals surface area contributed by atoms with E-state index in [0.717, 1.165) is 5.92 Å². The third kappa shape index (κ3) is 8.86. The molecule has 0 aromatic carbocycles. The third-order valence-electron chi connectivity index (χ3n) is 1.26. The van der Waals surface area contributed by atoms with Crippen molar-refractivity contribution < 1.29 is 0 Å². The Morgan fingerprint density at radius 1 is 1.33 bits per heavy atom. The maximum absolute atomic E-state index is 2.84. The predicted molar refractivity (Wildman–Crippen MR) is 51.9 cm³/mol. The Morgan fingerprint density at radius 2 is 1.78 bits per heavy atom. The first-order chi connectivity index (χ1) is 3.92. The molecule has 56 valence electrons. The van der Waals surface area contributed by atoms with Crippen LogP contribution in [0.1, 0.15) is 33.6 Å². The Morgan fingerprint density at radius 3 is 1.89 bits per heavy atom. The molecule has 2 heteroatoms. The van der Waals surface area contributed by atoms with Gasteiger partial charge in [0, 0.05) is 0 Å². The summed E-state index contributed by atoms with van der Waals surface area (Å²) in [6.07, 6.45) is 2.60. The van der Waals surface area contributed by atoms with Crippen LogP contribution in [-0.2, 0) is 0 Å². The molecule has 0 aliphatic rings. The lowest BCUT2D eigenvalue weighted by Crippen LogP contribution is -2.05. The first kappa shape index (κ1) is 9.86. The third-order valence-corrected chi connectivity index (χ3v) is 1.84. The van der Waals surface area contributed by atoms with E-state index in [0.29, 0.717) is 4.90 Å². The van der Waals surface area contributed by atoms with Crippen molar-refractivity contribution >= 4 is 18.5 Å². The molecule has 0 aliphatic heterocycles. The van der Waals surface area contributed by atoms with E-state index in [-0.39, 0.29) is 0 Å². The van der Waals surface area contributed by atoms with Crippen molar-refractivity contribution in [2.45, 2.75) is 38.5 Å². The van der Waals surface area contributed by atoms with E-state index in [1.807, 2.05) is 0 Å². The van der Waals surface area contributed by atoms with Crippen LogP contribution in [0.25, 0.3) is 0 Å². The van der Waals surface area contributed by atoms with Crippen molar-refractivity contribution in [2.75, 3.05) is 0 Å². The zero-order valence-electron chi connectivity index (χ0n) is 6.65. The van der Waals surface area contributed by atoms with Crippen molar-refractivity contribution in [3.05, 3.63) is 0 Å².